The van der Waals surface area contributed by atoms with Crippen LogP contribution in [-0.2, 0) is 6.54 Å². The Labute approximate surface area is 142 Å². The van der Waals surface area contributed by atoms with Crippen molar-refractivity contribution in [3.63, 3.8) is 0 Å². The highest BCUT2D eigenvalue weighted by Crippen LogP contribution is 2.21. The van der Waals surface area contributed by atoms with Gasteiger partial charge in [0.15, 0.2) is 11.6 Å². The van der Waals surface area contributed by atoms with Crippen molar-refractivity contribution >= 4 is 0 Å². The third kappa shape index (κ3) is 4.07. The second kappa shape index (κ2) is 7.50. The first-order chi connectivity index (χ1) is 12.0. The SMILES string of the molecule is O[C@H](CNCc1cn[nH]c1-c1ccc(F)cc1)c1ccc(F)c(F)c1. The summed E-state index contributed by atoms with van der Waals surface area (Å²) in [6, 6.07) is 9.30. The topological polar surface area (TPSA) is 60.9 Å². The number of aliphatic hydroxyl groups excluding tert-OH is 1. The monoisotopic (exact) mass is 347 g/mol. The van der Waals surface area contributed by atoms with Crippen LogP contribution in [0.1, 0.15) is 17.2 Å². The molecule has 0 fully saturated rings. The smallest absolute Gasteiger partial charge is 0.159 e. The van der Waals surface area contributed by atoms with Crippen molar-refractivity contribution in [3.05, 3.63) is 77.2 Å². The van der Waals surface area contributed by atoms with Gasteiger partial charge in [0.2, 0.25) is 0 Å². The average molecular weight is 347 g/mol. The van der Waals surface area contributed by atoms with E-state index in [1.807, 2.05) is 0 Å². The summed E-state index contributed by atoms with van der Waals surface area (Å²) in [5.41, 5.74) is 2.66. The Bertz CT molecular complexity index is 849. The summed E-state index contributed by atoms with van der Waals surface area (Å²) in [6.07, 6.45) is 0.659. The number of nitrogens with one attached hydrogen (secondary N) is 2. The van der Waals surface area contributed by atoms with Gasteiger partial charge in [-0.15, -0.1) is 0 Å². The number of nitrogens with zero attached hydrogens (tertiary/aromatic N) is 1. The molecule has 4 nitrogen and oxygen atoms in total. The van der Waals surface area contributed by atoms with Crippen LogP contribution in [0.15, 0.2) is 48.7 Å². The highest BCUT2D eigenvalue weighted by Gasteiger charge is 2.12. The molecule has 0 radical (unpaired) electrons. The molecule has 0 saturated heterocycles. The summed E-state index contributed by atoms with van der Waals surface area (Å²) in [4.78, 5) is 0. The van der Waals surface area contributed by atoms with Crippen molar-refractivity contribution in [2.45, 2.75) is 12.6 Å². The Morgan fingerprint density at radius 1 is 1.04 bits per heavy atom. The first-order valence-corrected chi connectivity index (χ1v) is 7.66. The van der Waals surface area contributed by atoms with Crippen molar-refractivity contribution in [1.82, 2.24) is 15.5 Å². The van der Waals surface area contributed by atoms with Gasteiger partial charge >= 0.3 is 0 Å². The number of aliphatic hydroxyl groups is 1. The molecule has 1 heterocycles. The lowest BCUT2D eigenvalue weighted by molar-refractivity contribution is 0.173. The van der Waals surface area contributed by atoms with Crippen molar-refractivity contribution in [2.24, 2.45) is 0 Å². The van der Waals surface area contributed by atoms with Crippen LogP contribution in [0.25, 0.3) is 11.3 Å². The first-order valence-electron chi connectivity index (χ1n) is 7.66. The Balaban J connectivity index is 1.62. The molecule has 1 atom stereocenters. The number of hydrogen-bond donors (Lipinski definition) is 3. The van der Waals surface area contributed by atoms with Crippen molar-refractivity contribution in [1.29, 1.82) is 0 Å². The molecule has 0 amide bonds. The summed E-state index contributed by atoms with van der Waals surface area (Å²) in [5, 5.41) is 20.0. The predicted molar refractivity (Wildman–Crippen MR) is 87.0 cm³/mol. The van der Waals surface area contributed by atoms with Crippen LogP contribution in [0, 0.1) is 17.5 Å². The molecule has 25 heavy (non-hydrogen) atoms. The van der Waals surface area contributed by atoms with Crippen LogP contribution < -0.4 is 5.32 Å². The average Bonchev–Trinajstić information content (AvgIpc) is 3.06. The van der Waals surface area contributed by atoms with E-state index in [1.165, 1.54) is 18.2 Å². The maximum absolute atomic E-state index is 13.2. The molecule has 0 aliphatic rings. The summed E-state index contributed by atoms with van der Waals surface area (Å²) in [7, 11) is 0. The van der Waals surface area contributed by atoms with Crippen LogP contribution in [0.4, 0.5) is 13.2 Å². The number of H-pyrrole nitrogens is 1. The molecular weight excluding hydrogens is 331 g/mol. The Morgan fingerprint density at radius 3 is 2.52 bits per heavy atom. The zero-order valence-electron chi connectivity index (χ0n) is 13.1. The van der Waals surface area contributed by atoms with Gasteiger partial charge in [0, 0.05) is 24.2 Å². The third-order valence-electron chi connectivity index (χ3n) is 3.83. The van der Waals surface area contributed by atoms with Crippen LogP contribution in [0.3, 0.4) is 0 Å². The molecule has 1 aromatic heterocycles. The van der Waals surface area contributed by atoms with Crippen molar-refractivity contribution in [3.8, 4) is 11.3 Å². The van der Waals surface area contributed by atoms with E-state index in [0.29, 0.717) is 6.54 Å². The van der Waals surface area contributed by atoms with Gasteiger partial charge in [0.25, 0.3) is 0 Å². The maximum Gasteiger partial charge on any atom is 0.159 e. The van der Waals surface area contributed by atoms with E-state index in [4.69, 9.17) is 0 Å². The van der Waals surface area contributed by atoms with E-state index in [0.717, 1.165) is 29.0 Å². The first kappa shape index (κ1) is 17.2. The Kier molecular flexibility index (Phi) is 5.16. The van der Waals surface area contributed by atoms with E-state index in [1.54, 1.807) is 18.3 Å². The van der Waals surface area contributed by atoms with Gasteiger partial charge in [-0.1, -0.05) is 6.07 Å². The number of benzene rings is 2. The summed E-state index contributed by atoms with van der Waals surface area (Å²) in [6.45, 7) is 0.545. The van der Waals surface area contributed by atoms with Crippen molar-refractivity contribution < 1.29 is 18.3 Å². The van der Waals surface area contributed by atoms with E-state index in [9.17, 15) is 18.3 Å². The van der Waals surface area contributed by atoms with Gasteiger partial charge < -0.3 is 10.4 Å². The molecule has 3 rings (SSSR count). The van der Waals surface area contributed by atoms with Gasteiger partial charge in [-0.3, -0.25) is 5.10 Å². The molecule has 0 bridgehead atoms. The standard InChI is InChI=1S/C18H16F3N3O/c19-14-4-1-11(2-5-14)18-13(9-23-24-18)8-22-10-17(25)12-3-6-15(20)16(21)7-12/h1-7,9,17,22,25H,8,10H2,(H,23,24)/t17-/m1/s1. The van der Waals surface area contributed by atoms with Gasteiger partial charge in [0.1, 0.15) is 5.82 Å². The lowest BCUT2D eigenvalue weighted by Crippen LogP contribution is -2.21. The number of aromatic amines is 1. The van der Waals surface area contributed by atoms with Crippen LogP contribution in [-0.4, -0.2) is 21.8 Å². The Hall–Kier alpha value is -2.64. The predicted octanol–water partition coefficient (Wildman–Crippen LogP) is 3.32. The van der Waals surface area contributed by atoms with Gasteiger partial charge in [-0.2, -0.15) is 5.10 Å². The highest BCUT2D eigenvalue weighted by atomic mass is 19.2. The highest BCUT2D eigenvalue weighted by molar-refractivity contribution is 5.62. The van der Waals surface area contributed by atoms with Gasteiger partial charge in [-0.25, -0.2) is 13.2 Å². The van der Waals surface area contributed by atoms with Gasteiger partial charge in [-0.05, 0) is 42.0 Å². The van der Waals surface area contributed by atoms with Crippen molar-refractivity contribution in [2.75, 3.05) is 6.54 Å². The normalized spacial score (nSPS) is 12.3. The zero-order chi connectivity index (χ0) is 17.8. The number of halogens is 3. The molecule has 0 unspecified atom stereocenters. The van der Waals surface area contributed by atoms with Crippen LogP contribution >= 0.6 is 0 Å². The summed E-state index contributed by atoms with van der Waals surface area (Å²) < 4.78 is 39.2. The molecule has 0 aliphatic heterocycles. The van der Waals surface area contributed by atoms with Crippen LogP contribution in [0.2, 0.25) is 0 Å². The molecule has 0 aliphatic carbocycles. The molecule has 0 spiro atoms. The molecular formula is C18H16F3N3O. The fraction of sp³-hybridized carbons (Fsp3) is 0.167. The molecule has 130 valence electrons. The lowest BCUT2D eigenvalue weighted by Gasteiger charge is -2.12. The quantitative estimate of drug-likeness (QED) is 0.641. The number of rotatable bonds is 6. The molecule has 3 aromatic rings. The van der Waals surface area contributed by atoms with E-state index in [2.05, 4.69) is 15.5 Å². The van der Waals surface area contributed by atoms with E-state index in [-0.39, 0.29) is 17.9 Å². The fourth-order valence-electron chi connectivity index (χ4n) is 2.49. The summed E-state index contributed by atoms with van der Waals surface area (Å²) >= 11 is 0. The van der Waals surface area contributed by atoms with Gasteiger partial charge in [0.05, 0.1) is 18.0 Å². The largest absolute Gasteiger partial charge is 0.387 e. The van der Waals surface area contributed by atoms with E-state index >= 15 is 0 Å². The summed E-state index contributed by atoms with van der Waals surface area (Å²) in [5.74, 6) is -2.27. The van der Waals surface area contributed by atoms with E-state index < -0.39 is 17.7 Å². The third-order valence-corrected chi connectivity index (χ3v) is 3.83. The maximum atomic E-state index is 13.2. The fourth-order valence-corrected chi connectivity index (χ4v) is 2.49. The minimum absolute atomic E-state index is 0.152. The Morgan fingerprint density at radius 2 is 1.80 bits per heavy atom. The minimum atomic E-state index is -0.995. The second-order valence-corrected chi connectivity index (χ2v) is 5.60. The zero-order valence-corrected chi connectivity index (χ0v) is 13.1. The second-order valence-electron chi connectivity index (χ2n) is 5.60. The van der Waals surface area contributed by atoms with Crippen LogP contribution in [0.5, 0.6) is 0 Å². The molecule has 7 heteroatoms. The lowest BCUT2D eigenvalue weighted by atomic mass is 10.1. The molecule has 0 saturated carbocycles. The molecule has 3 N–H and O–H groups in total. The number of hydrogen-bond acceptors (Lipinski definition) is 3. The minimum Gasteiger partial charge on any atom is -0.387 e. The number of aromatic nitrogens is 2. The molecule has 2 aromatic carbocycles.